The summed E-state index contributed by atoms with van der Waals surface area (Å²) in [5.41, 5.74) is 29.2. The number of fused-ring (bicyclic) bond motifs is 16. The van der Waals surface area contributed by atoms with E-state index in [4.69, 9.17) is 0 Å². The number of anilines is 6. The second-order valence-corrected chi connectivity index (χ2v) is 22.0. The first-order chi connectivity index (χ1) is 36.7. The van der Waals surface area contributed by atoms with Crippen LogP contribution >= 0.6 is 0 Å². The van der Waals surface area contributed by atoms with Crippen LogP contribution in [0.4, 0.5) is 34.1 Å². The van der Waals surface area contributed by atoms with Gasteiger partial charge in [0.05, 0.1) is 16.8 Å². The second kappa shape index (κ2) is 16.0. The van der Waals surface area contributed by atoms with Gasteiger partial charge >= 0.3 is 0 Å². The van der Waals surface area contributed by atoms with E-state index in [2.05, 4.69) is 292 Å². The average molecular weight is 959 g/mol. The number of hydrogen-bond acceptors (Lipinski definition) is 2. The molecule has 11 aromatic rings. The molecule has 1 spiro atoms. The molecule has 0 saturated heterocycles. The molecule has 0 heterocycles. The normalized spacial score (nSPS) is 16.0. The predicted molar refractivity (Wildman–Crippen MR) is 313 cm³/mol. The Bertz CT molecular complexity index is 4130. The van der Waals surface area contributed by atoms with E-state index in [0.717, 1.165) is 28.4 Å². The zero-order valence-corrected chi connectivity index (χ0v) is 42.6. The van der Waals surface area contributed by atoms with E-state index < -0.39 is 5.41 Å². The summed E-state index contributed by atoms with van der Waals surface area (Å²) in [7, 11) is 0. The molecule has 75 heavy (non-hydrogen) atoms. The van der Waals surface area contributed by atoms with Crippen LogP contribution < -0.4 is 9.80 Å². The van der Waals surface area contributed by atoms with E-state index in [9.17, 15) is 0 Å². The highest BCUT2D eigenvalue weighted by Crippen LogP contribution is 2.65. The van der Waals surface area contributed by atoms with Gasteiger partial charge in [0.25, 0.3) is 0 Å². The summed E-state index contributed by atoms with van der Waals surface area (Å²) < 4.78 is 0. The van der Waals surface area contributed by atoms with Gasteiger partial charge in [-0.05, 0) is 155 Å². The summed E-state index contributed by atoms with van der Waals surface area (Å²) in [6.45, 7) is 9.56. The fourth-order valence-electron chi connectivity index (χ4n) is 14.2. The third kappa shape index (κ3) is 6.03. The van der Waals surface area contributed by atoms with E-state index in [1.54, 1.807) is 0 Å². The Balaban J connectivity index is 0.981. The molecule has 4 aliphatic carbocycles. The molecule has 15 rings (SSSR count). The largest absolute Gasteiger partial charge is 0.310 e. The first-order valence-electron chi connectivity index (χ1n) is 26.5. The maximum atomic E-state index is 2.54. The lowest BCUT2D eigenvalue weighted by Gasteiger charge is -2.35. The Labute approximate surface area is 440 Å². The van der Waals surface area contributed by atoms with E-state index in [-0.39, 0.29) is 10.8 Å². The molecule has 11 aromatic carbocycles. The number of hydrogen-bond donors (Lipinski definition) is 0. The van der Waals surface area contributed by atoms with Crippen molar-refractivity contribution in [3.63, 3.8) is 0 Å². The smallest absolute Gasteiger partial charge is 0.0727 e. The summed E-state index contributed by atoms with van der Waals surface area (Å²) in [5, 5.41) is 0. The molecule has 0 radical (unpaired) electrons. The van der Waals surface area contributed by atoms with Gasteiger partial charge in [0, 0.05) is 39.1 Å². The molecule has 0 saturated carbocycles. The molecule has 0 bridgehead atoms. The van der Waals surface area contributed by atoms with Crippen molar-refractivity contribution in [1.29, 1.82) is 0 Å². The number of nitrogens with zero attached hydrogens (tertiary/aromatic N) is 2. The highest BCUT2D eigenvalue weighted by Gasteiger charge is 2.52. The molecular weight excluding hydrogens is 905 g/mol. The van der Waals surface area contributed by atoms with E-state index in [1.807, 2.05) is 0 Å². The van der Waals surface area contributed by atoms with Crippen LogP contribution in [0.15, 0.2) is 255 Å². The van der Waals surface area contributed by atoms with Crippen molar-refractivity contribution in [1.82, 2.24) is 0 Å². The van der Waals surface area contributed by atoms with Crippen molar-refractivity contribution in [3.05, 3.63) is 299 Å². The minimum atomic E-state index is -0.618. The molecule has 356 valence electrons. The lowest BCUT2D eigenvalue weighted by Crippen LogP contribution is -2.27. The molecule has 1 atom stereocenters. The second-order valence-electron chi connectivity index (χ2n) is 22.0. The first kappa shape index (κ1) is 43.6. The summed E-state index contributed by atoms with van der Waals surface area (Å²) in [6.07, 6.45) is 0. The molecule has 4 aliphatic rings. The van der Waals surface area contributed by atoms with Gasteiger partial charge in [-0.15, -0.1) is 0 Å². The quantitative estimate of drug-likeness (QED) is 0.157. The van der Waals surface area contributed by atoms with Crippen molar-refractivity contribution in [2.24, 2.45) is 0 Å². The monoisotopic (exact) mass is 958 g/mol. The van der Waals surface area contributed by atoms with Crippen molar-refractivity contribution in [2.75, 3.05) is 9.80 Å². The fourth-order valence-corrected chi connectivity index (χ4v) is 14.2. The fraction of sp³-hybridized carbons (Fsp3) is 0.0959. The highest BCUT2D eigenvalue weighted by molar-refractivity contribution is 5.99. The minimum Gasteiger partial charge on any atom is -0.310 e. The van der Waals surface area contributed by atoms with Crippen molar-refractivity contribution in [2.45, 2.75) is 43.9 Å². The van der Waals surface area contributed by atoms with Crippen molar-refractivity contribution >= 4 is 34.1 Å². The first-order valence-corrected chi connectivity index (χ1v) is 26.5. The van der Waals surface area contributed by atoms with Crippen LogP contribution in [0.5, 0.6) is 0 Å². The van der Waals surface area contributed by atoms with Gasteiger partial charge < -0.3 is 9.80 Å². The van der Waals surface area contributed by atoms with Crippen LogP contribution in [0.3, 0.4) is 0 Å². The van der Waals surface area contributed by atoms with Crippen LogP contribution in [0, 0.1) is 0 Å². The Kier molecular flexibility index (Phi) is 9.30. The number of para-hydroxylation sites is 2. The van der Waals surface area contributed by atoms with Crippen molar-refractivity contribution < 1.29 is 0 Å². The summed E-state index contributed by atoms with van der Waals surface area (Å²) in [6, 6.07) is 95.9. The van der Waals surface area contributed by atoms with Gasteiger partial charge in [0.2, 0.25) is 0 Å². The maximum Gasteiger partial charge on any atom is 0.0727 e. The van der Waals surface area contributed by atoms with Crippen LogP contribution in [0.25, 0.3) is 55.6 Å². The Morgan fingerprint density at radius 1 is 0.240 bits per heavy atom. The van der Waals surface area contributed by atoms with E-state index in [1.165, 1.54) is 106 Å². The van der Waals surface area contributed by atoms with Crippen LogP contribution in [0.1, 0.15) is 72.2 Å². The molecule has 0 N–H and O–H groups in total. The molecule has 0 amide bonds. The molecule has 2 nitrogen and oxygen atoms in total. The van der Waals surface area contributed by atoms with E-state index in [0.29, 0.717) is 0 Å². The molecular formula is C73H54N2. The topological polar surface area (TPSA) is 6.48 Å². The van der Waals surface area contributed by atoms with Gasteiger partial charge in [0.15, 0.2) is 0 Å². The van der Waals surface area contributed by atoms with Crippen LogP contribution in [-0.4, -0.2) is 0 Å². The third-order valence-corrected chi connectivity index (χ3v) is 17.4. The van der Waals surface area contributed by atoms with E-state index >= 15 is 0 Å². The molecule has 2 heteroatoms. The summed E-state index contributed by atoms with van der Waals surface area (Å²) in [4.78, 5) is 5.06. The highest BCUT2D eigenvalue weighted by atomic mass is 15.2. The SMILES string of the molecule is CC1(C)c2ccccc2-c2ccc(N(c3ccc4c(c3)C3(c5ccccc5-4)c4ccccc4-c4ccc(N(c5ccccc5)c5cccc6c5C(C)(C)c5ccccc5-6)cc43)c3ccccc3-c3ccccc3)cc21. The maximum absolute atomic E-state index is 2.54. The third-order valence-electron chi connectivity index (χ3n) is 17.4. The number of rotatable bonds is 7. The summed E-state index contributed by atoms with van der Waals surface area (Å²) in [5.74, 6) is 0. The summed E-state index contributed by atoms with van der Waals surface area (Å²) >= 11 is 0. The standard InChI is InChI=1S/C73H54N2/c1-71(2)61-32-16-11-27-53(61)57-41-38-49(44-65(57)71)75(68-36-20-15-26-52(68)47-22-7-5-8-23-47)51-40-43-59-55-29-14-19-35-64(55)73(67(59)46-51)63-34-18-13-28-54(63)58-42-39-50(45-66(58)73)74(48-24-9-6-10-25-48)69-37-21-31-60-56-30-12-17-33-62(56)72(3,4)70(60)69/h5-46H,1-4H3. The Hall–Kier alpha value is -8.98. The molecule has 0 aromatic heterocycles. The van der Waals surface area contributed by atoms with Gasteiger partial charge in [-0.3, -0.25) is 0 Å². The molecule has 1 unspecified atom stereocenters. The lowest BCUT2D eigenvalue weighted by molar-refractivity contribution is 0.660. The number of benzene rings is 11. The predicted octanol–water partition coefficient (Wildman–Crippen LogP) is 19.2. The van der Waals surface area contributed by atoms with Gasteiger partial charge in [-0.25, -0.2) is 0 Å². The molecule has 0 fully saturated rings. The zero-order chi connectivity index (χ0) is 50.2. The van der Waals surface area contributed by atoms with Crippen molar-refractivity contribution in [3.8, 4) is 55.6 Å². The van der Waals surface area contributed by atoms with Gasteiger partial charge in [-0.1, -0.05) is 222 Å². The zero-order valence-electron chi connectivity index (χ0n) is 42.6. The van der Waals surface area contributed by atoms with Crippen LogP contribution in [-0.2, 0) is 16.2 Å². The van der Waals surface area contributed by atoms with Gasteiger partial charge in [0.1, 0.15) is 0 Å². The Morgan fingerprint density at radius 3 is 1.19 bits per heavy atom. The molecule has 0 aliphatic heterocycles. The average Bonchev–Trinajstić information content (AvgIpc) is 4.28. The lowest BCUT2D eigenvalue weighted by atomic mass is 9.70. The van der Waals surface area contributed by atoms with Gasteiger partial charge in [-0.2, -0.15) is 0 Å². The van der Waals surface area contributed by atoms with Crippen LogP contribution in [0.2, 0.25) is 0 Å². The minimum absolute atomic E-state index is 0.168. The Morgan fingerprint density at radius 2 is 0.613 bits per heavy atom.